The Labute approximate surface area is 160 Å². The molecule has 2 fully saturated rings. The van der Waals surface area contributed by atoms with Crippen LogP contribution in [0.5, 0.6) is 0 Å². The van der Waals surface area contributed by atoms with Crippen LogP contribution in [-0.4, -0.2) is 48.5 Å². The first-order valence-electron chi connectivity index (χ1n) is 9.47. The lowest BCUT2D eigenvalue weighted by atomic mass is 9.69. The van der Waals surface area contributed by atoms with Crippen LogP contribution in [0.4, 0.5) is 9.59 Å². The van der Waals surface area contributed by atoms with Gasteiger partial charge in [0.25, 0.3) is 0 Å². The summed E-state index contributed by atoms with van der Waals surface area (Å²) in [6.45, 7) is 8.04. The first kappa shape index (κ1) is 19.5. The second-order valence-electron chi connectivity index (χ2n) is 8.33. The van der Waals surface area contributed by atoms with Crippen molar-refractivity contribution >= 4 is 12.2 Å². The average Bonchev–Trinajstić information content (AvgIpc) is 2.63. The lowest BCUT2D eigenvalue weighted by Gasteiger charge is -2.58. The second kappa shape index (κ2) is 7.76. The Bertz CT molecular complexity index is 666. The molecule has 1 unspecified atom stereocenters. The number of hydrogen-bond donors (Lipinski definition) is 2. The van der Waals surface area contributed by atoms with E-state index in [1.807, 2.05) is 51.1 Å². The number of benzene rings is 1. The maximum Gasteiger partial charge on any atom is 0.411 e. The largest absolute Gasteiger partial charge is 0.445 e. The Kier molecular flexibility index (Phi) is 5.60. The minimum atomic E-state index is -0.577. The quantitative estimate of drug-likeness (QED) is 0.849. The normalized spacial score (nSPS) is 21.3. The fourth-order valence-electron chi connectivity index (χ4n) is 3.69. The minimum absolute atomic E-state index is 0.117. The van der Waals surface area contributed by atoms with E-state index < -0.39 is 24.0 Å². The van der Waals surface area contributed by atoms with Crippen LogP contribution >= 0.6 is 0 Å². The van der Waals surface area contributed by atoms with Crippen LogP contribution in [0.3, 0.4) is 0 Å². The van der Waals surface area contributed by atoms with Gasteiger partial charge in [0, 0.05) is 12.0 Å². The van der Waals surface area contributed by atoms with Gasteiger partial charge in [0.05, 0.1) is 0 Å². The summed E-state index contributed by atoms with van der Waals surface area (Å²) in [6.07, 6.45) is 0.471. The predicted octanol–water partition coefficient (Wildman–Crippen LogP) is 2.86. The zero-order valence-electron chi connectivity index (χ0n) is 16.3. The van der Waals surface area contributed by atoms with Crippen molar-refractivity contribution in [2.24, 2.45) is 5.41 Å². The molecule has 2 saturated heterocycles. The van der Waals surface area contributed by atoms with Crippen LogP contribution in [0.25, 0.3) is 0 Å². The van der Waals surface area contributed by atoms with E-state index in [-0.39, 0.29) is 12.0 Å². The fourth-order valence-corrected chi connectivity index (χ4v) is 3.69. The van der Waals surface area contributed by atoms with Crippen molar-refractivity contribution < 1.29 is 19.1 Å². The molecule has 7 nitrogen and oxygen atoms in total. The van der Waals surface area contributed by atoms with Gasteiger partial charge in [-0.15, -0.1) is 0 Å². The first-order chi connectivity index (χ1) is 12.8. The third-order valence-corrected chi connectivity index (χ3v) is 5.07. The van der Waals surface area contributed by atoms with Crippen molar-refractivity contribution in [2.75, 3.05) is 19.6 Å². The van der Waals surface area contributed by atoms with Crippen molar-refractivity contribution in [3.8, 4) is 0 Å². The molecule has 2 aliphatic rings. The first-order valence-corrected chi connectivity index (χ1v) is 9.47. The van der Waals surface area contributed by atoms with Crippen molar-refractivity contribution in [1.82, 2.24) is 15.5 Å². The molecule has 27 heavy (non-hydrogen) atoms. The number of alkyl carbamates (subject to hydrolysis) is 1. The predicted molar refractivity (Wildman–Crippen MR) is 101 cm³/mol. The van der Waals surface area contributed by atoms with Gasteiger partial charge in [-0.3, -0.25) is 4.90 Å². The van der Waals surface area contributed by atoms with Gasteiger partial charge < -0.3 is 20.1 Å². The summed E-state index contributed by atoms with van der Waals surface area (Å²) < 4.78 is 10.8. The van der Waals surface area contributed by atoms with E-state index in [2.05, 4.69) is 10.6 Å². The van der Waals surface area contributed by atoms with E-state index in [4.69, 9.17) is 9.47 Å². The molecule has 7 heteroatoms. The van der Waals surface area contributed by atoms with Gasteiger partial charge in [0.1, 0.15) is 18.4 Å². The summed E-state index contributed by atoms with van der Waals surface area (Å²) in [5, 5.41) is 6.23. The number of likely N-dealkylation sites (tertiary alicyclic amines) is 1. The molecule has 2 aliphatic heterocycles. The Morgan fingerprint density at radius 2 is 1.89 bits per heavy atom. The van der Waals surface area contributed by atoms with Crippen molar-refractivity contribution in [3.63, 3.8) is 0 Å². The second-order valence-corrected chi connectivity index (χ2v) is 8.33. The average molecular weight is 375 g/mol. The summed E-state index contributed by atoms with van der Waals surface area (Å²) in [4.78, 5) is 26.5. The molecule has 0 radical (unpaired) electrons. The zero-order valence-corrected chi connectivity index (χ0v) is 16.3. The molecule has 148 valence electrons. The summed E-state index contributed by atoms with van der Waals surface area (Å²) >= 11 is 0. The topological polar surface area (TPSA) is 79.9 Å². The highest BCUT2D eigenvalue weighted by Crippen LogP contribution is 2.44. The number of ether oxygens (including phenoxy) is 2. The molecule has 0 saturated carbocycles. The van der Waals surface area contributed by atoms with Crippen molar-refractivity contribution in [2.45, 2.75) is 52.0 Å². The van der Waals surface area contributed by atoms with Gasteiger partial charge in [0.15, 0.2) is 0 Å². The van der Waals surface area contributed by atoms with Crippen LogP contribution in [0.2, 0.25) is 0 Å². The molecule has 0 aliphatic carbocycles. The molecular formula is C20H29N3O4. The van der Waals surface area contributed by atoms with Crippen LogP contribution < -0.4 is 10.6 Å². The Morgan fingerprint density at radius 3 is 2.52 bits per heavy atom. The summed E-state index contributed by atoms with van der Waals surface area (Å²) in [5.41, 5.74) is 0.224. The zero-order chi connectivity index (χ0) is 19.5. The molecule has 1 spiro atoms. The standard InChI is InChI=1S/C20H29N3O4/c1-19(2,3)27-18(25)23-14-20(9-11-21-12-10-20)16(23)22-17(24)26-13-15-7-5-4-6-8-15/h4-8,16,21H,9-14H2,1-3H3,(H,22,24). The van der Waals surface area contributed by atoms with E-state index in [0.29, 0.717) is 6.54 Å². The third kappa shape index (κ3) is 4.71. The number of rotatable bonds is 3. The highest BCUT2D eigenvalue weighted by atomic mass is 16.6. The summed E-state index contributed by atoms with van der Waals surface area (Å²) in [7, 11) is 0. The Balaban J connectivity index is 1.63. The van der Waals surface area contributed by atoms with E-state index in [0.717, 1.165) is 31.5 Å². The van der Waals surface area contributed by atoms with Gasteiger partial charge in [0.2, 0.25) is 0 Å². The van der Waals surface area contributed by atoms with Crippen molar-refractivity contribution in [3.05, 3.63) is 35.9 Å². The molecule has 3 rings (SSSR count). The third-order valence-electron chi connectivity index (χ3n) is 5.07. The molecule has 0 bridgehead atoms. The van der Waals surface area contributed by atoms with Gasteiger partial charge in [-0.1, -0.05) is 30.3 Å². The summed E-state index contributed by atoms with van der Waals surface area (Å²) in [6, 6.07) is 9.51. The highest BCUT2D eigenvalue weighted by Gasteiger charge is 2.56. The molecule has 0 aromatic heterocycles. The Morgan fingerprint density at radius 1 is 1.22 bits per heavy atom. The molecule has 1 atom stereocenters. The number of piperidine rings is 1. The van der Waals surface area contributed by atoms with Crippen LogP contribution in [-0.2, 0) is 16.1 Å². The summed E-state index contributed by atoms with van der Waals surface area (Å²) in [5.74, 6) is 0. The number of amides is 2. The van der Waals surface area contributed by atoms with Crippen LogP contribution in [0.15, 0.2) is 30.3 Å². The highest BCUT2D eigenvalue weighted by molar-refractivity contribution is 5.73. The van der Waals surface area contributed by atoms with E-state index in [9.17, 15) is 9.59 Å². The number of carbonyl (C=O) groups is 2. The molecule has 1 aromatic carbocycles. The number of nitrogens with one attached hydrogen (secondary N) is 2. The lowest BCUT2D eigenvalue weighted by molar-refractivity contribution is -0.105. The van der Waals surface area contributed by atoms with Crippen LogP contribution in [0.1, 0.15) is 39.2 Å². The van der Waals surface area contributed by atoms with Gasteiger partial charge in [-0.05, 0) is 52.3 Å². The number of hydrogen-bond acceptors (Lipinski definition) is 5. The molecular weight excluding hydrogens is 346 g/mol. The monoisotopic (exact) mass is 375 g/mol. The van der Waals surface area contributed by atoms with Gasteiger partial charge in [-0.25, -0.2) is 9.59 Å². The van der Waals surface area contributed by atoms with E-state index in [1.54, 1.807) is 4.90 Å². The number of nitrogens with zero attached hydrogens (tertiary/aromatic N) is 1. The molecule has 1 aromatic rings. The minimum Gasteiger partial charge on any atom is -0.445 e. The van der Waals surface area contributed by atoms with Crippen molar-refractivity contribution in [1.29, 1.82) is 0 Å². The molecule has 2 heterocycles. The Hall–Kier alpha value is -2.28. The lowest BCUT2D eigenvalue weighted by Crippen LogP contribution is -2.74. The fraction of sp³-hybridized carbons (Fsp3) is 0.600. The molecule has 2 N–H and O–H groups in total. The maximum absolute atomic E-state index is 12.5. The van der Waals surface area contributed by atoms with E-state index >= 15 is 0 Å². The smallest absolute Gasteiger partial charge is 0.411 e. The van der Waals surface area contributed by atoms with Gasteiger partial charge >= 0.3 is 12.2 Å². The molecule has 2 amide bonds. The van der Waals surface area contributed by atoms with Crippen LogP contribution in [0, 0.1) is 5.41 Å². The van der Waals surface area contributed by atoms with Gasteiger partial charge in [-0.2, -0.15) is 0 Å². The number of carbonyl (C=O) groups excluding carboxylic acids is 2. The SMILES string of the molecule is CC(C)(C)OC(=O)N1CC2(CCNCC2)C1NC(=O)OCc1ccccc1. The maximum atomic E-state index is 12.5. The van der Waals surface area contributed by atoms with E-state index in [1.165, 1.54) is 0 Å².